The lowest BCUT2D eigenvalue weighted by Gasteiger charge is -2.05. The highest BCUT2D eigenvalue weighted by Gasteiger charge is 2.24. The lowest BCUT2D eigenvalue weighted by molar-refractivity contribution is 0.0988. The number of H-pyrrole nitrogens is 2. The Bertz CT molecular complexity index is 1680. The van der Waals surface area contributed by atoms with Gasteiger partial charge in [-0.25, -0.2) is 0 Å². The summed E-state index contributed by atoms with van der Waals surface area (Å²) in [5.41, 5.74) is 21.4. The number of halogens is 2. The molecule has 0 bridgehead atoms. The van der Waals surface area contributed by atoms with Gasteiger partial charge in [0.2, 0.25) is 0 Å². The predicted octanol–water partition coefficient (Wildman–Crippen LogP) is 8.81. The number of amides is 2. The van der Waals surface area contributed by atoms with Crippen LogP contribution in [0.4, 0.5) is 0 Å². The van der Waals surface area contributed by atoms with Gasteiger partial charge in [-0.1, -0.05) is 56.1 Å². The number of hydrogen-bond donors (Lipinski definition) is 2. The van der Waals surface area contributed by atoms with E-state index in [1.807, 2.05) is 24.3 Å². The van der Waals surface area contributed by atoms with E-state index in [0.717, 1.165) is 8.95 Å². The van der Waals surface area contributed by atoms with Crippen LogP contribution in [0.2, 0.25) is 0 Å². The molecule has 2 heterocycles. The van der Waals surface area contributed by atoms with Crippen molar-refractivity contribution in [2.24, 2.45) is 10.2 Å². The molecule has 0 unspecified atom stereocenters. The standard InChI is InChI=1S/2C14H11BrN4O2/c2*1-7-11(8(2)20)12(9-3-5-10(15)6-4-9)13(17-7)14(21)18-19-16/h2*3-6,17H,1-2H3. The third-order valence-corrected chi connectivity index (χ3v) is 7.10. The fourth-order valence-corrected chi connectivity index (χ4v) is 4.97. The van der Waals surface area contributed by atoms with E-state index in [-0.39, 0.29) is 23.0 Å². The molecule has 0 aliphatic carbocycles. The molecule has 0 saturated heterocycles. The van der Waals surface area contributed by atoms with E-state index in [1.165, 1.54) is 13.8 Å². The first-order chi connectivity index (χ1) is 19.9. The van der Waals surface area contributed by atoms with Crippen molar-refractivity contribution < 1.29 is 19.2 Å². The number of carbonyl (C=O) groups excluding carboxylic acids is 4. The van der Waals surface area contributed by atoms with Gasteiger partial charge in [-0.05, 0) is 84.4 Å². The van der Waals surface area contributed by atoms with Crippen LogP contribution in [-0.2, 0) is 0 Å². The molecule has 14 heteroatoms. The summed E-state index contributed by atoms with van der Waals surface area (Å²) in [5, 5.41) is 6.20. The third-order valence-electron chi connectivity index (χ3n) is 6.04. The summed E-state index contributed by atoms with van der Waals surface area (Å²) in [7, 11) is 0. The van der Waals surface area contributed by atoms with Gasteiger partial charge >= 0.3 is 0 Å². The lowest BCUT2D eigenvalue weighted by Crippen LogP contribution is -1.99. The molecule has 2 aromatic heterocycles. The molecular formula is C28H22Br2N8O4. The molecule has 0 aliphatic heterocycles. The number of benzene rings is 2. The van der Waals surface area contributed by atoms with Crippen LogP contribution >= 0.6 is 31.9 Å². The molecule has 2 aromatic carbocycles. The molecule has 4 aromatic rings. The number of nitrogens with zero attached hydrogens (tertiary/aromatic N) is 6. The fourth-order valence-electron chi connectivity index (χ4n) is 4.44. The molecule has 0 aliphatic rings. The molecule has 12 nitrogen and oxygen atoms in total. The van der Waals surface area contributed by atoms with E-state index in [9.17, 15) is 19.2 Å². The van der Waals surface area contributed by atoms with Crippen LogP contribution in [-0.4, -0.2) is 33.3 Å². The number of nitrogens with one attached hydrogen (secondary N) is 2. The number of aromatic nitrogens is 2. The van der Waals surface area contributed by atoms with E-state index in [2.05, 4.69) is 61.9 Å². The van der Waals surface area contributed by atoms with Gasteiger partial charge in [-0.3, -0.25) is 19.2 Å². The van der Waals surface area contributed by atoms with Crippen LogP contribution in [0.3, 0.4) is 0 Å². The van der Waals surface area contributed by atoms with Crippen LogP contribution in [0.25, 0.3) is 43.1 Å². The first kappa shape index (κ1) is 31.8. The highest BCUT2D eigenvalue weighted by Crippen LogP contribution is 2.33. The van der Waals surface area contributed by atoms with Gasteiger partial charge < -0.3 is 9.97 Å². The van der Waals surface area contributed by atoms with Gasteiger partial charge in [0.05, 0.1) is 11.4 Å². The number of Topliss-reactive ketones (excluding diaryl/α,β-unsaturated/α-hetero) is 2. The first-order valence-corrected chi connectivity index (χ1v) is 13.7. The van der Waals surface area contributed by atoms with Gasteiger partial charge in [0.15, 0.2) is 11.6 Å². The zero-order valence-electron chi connectivity index (χ0n) is 22.7. The Morgan fingerprint density at radius 1 is 0.643 bits per heavy atom. The molecular weight excluding hydrogens is 672 g/mol. The first-order valence-electron chi connectivity index (χ1n) is 12.1. The summed E-state index contributed by atoms with van der Waals surface area (Å²) in [5.74, 6) is -1.82. The van der Waals surface area contributed by atoms with E-state index in [4.69, 9.17) is 11.1 Å². The van der Waals surface area contributed by atoms with Crippen molar-refractivity contribution in [3.63, 3.8) is 0 Å². The third kappa shape index (κ3) is 6.93. The highest BCUT2D eigenvalue weighted by molar-refractivity contribution is 9.10. The quantitative estimate of drug-likeness (QED) is 0.0880. The van der Waals surface area contributed by atoms with Gasteiger partial charge in [0.1, 0.15) is 0 Å². The lowest BCUT2D eigenvalue weighted by atomic mass is 9.98. The number of aromatic amines is 2. The number of rotatable bonds is 6. The van der Waals surface area contributed by atoms with Gasteiger partial charge in [-0.2, -0.15) is 0 Å². The molecule has 212 valence electrons. The maximum atomic E-state index is 11.9. The average molecular weight is 694 g/mol. The SMILES string of the molecule is CC(=O)c1c(C)[nH]c(C(=O)N=[N+]=[N-])c1-c1ccc(Br)cc1.CC(=O)c1c(C)[nH]c(C(=O)N=[N+]=[N-])c1-c1ccc(Br)cc1. The second-order valence-electron chi connectivity index (χ2n) is 8.87. The molecule has 0 spiro atoms. The fraction of sp³-hybridized carbons (Fsp3) is 0.143. The van der Waals surface area contributed by atoms with Gasteiger partial charge in [-0.15, -0.1) is 0 Å². The zero-order valence-corrected chi connectivity index (χ0v) is 25.9. The summed E-state index contributed by atoms with van der Waals surface area (Å²) >= 11 is 6.67. The summed E-state index contributed by atoms with van der Waals surface area (Å²) < 4.78 is 1.76. The minimum Gasteiger partial charge on any atom is -0.355 e. The van der Waals surface area contributed by atoms with Crippen molar-refractivity contribution in [1.82, 2.24) is 9.97 Å². The van der Waals surface area contributed by atoms with Crippen molar-refractivity contribution in [2.45, 2.75) is 27.7 Å². The molecule has 0 radical (unpaired) electrons. The monoisotopic (exact) mass is 692 g/mol. The normalized spacial score (nSPS) is 10.0. The van der Waals surface area contributed by atoms with Crippen LogP contribution in [0, 0.1) is 13.8 Å². The van der Waals surface area contributed by atoms with Crippen LogP contribution in [0.5, 0.6) is 0 Å². The van der Waals surface area contributed by atoms with E-state index < -0.39 is 11.8 Å². The van der Waals surface area contributed by atoms with Crippen molar-refractivity contribution in [3.8, 4) is 22.3 Å². The van der Waals surface area contributed by atoms with Crippen molar-refractivity contribution in [2.75, 3.05) is 0 Å². The maximum Gasteiger partial charge on any atom is 0.265 e. The molecule has 0 saturated carbocycles. The largest absolute Gasteiger partial charge is 0.355 e. The van der Waals surface area contributed by atoms with Crippen LogP contribution < -0.4 is 0 Å². The summed E-state index contributed by atoms with van der Waals surface area (Å²) in [6.45, 7) is 6.26. The minimum atomic E-state index is -0.744. The van der Waals surface area contributed by atoms with Crippen molar-refractivity contribution in [3.05, 3.63) is 112 Å². The Hall–Kier alpha value is -4.74. The smallest absolute Gasteiger partial charge is 0.265 e. The summed E-state index contributed by atoms with van der Waals surface area (Å²) in [4.78, 5) is 58.3. The second kappa shape index (κ2) is 13.7. The molecule has 0 fully saturated rings. The molecule has 2 amide bonds. The van der Waals surface area contributed by atoms with Crippen LogP contribution in [0.15, 0.2) is 67.7 Å². The Kier molecular flexibility index (Phi) is 10.4. The predicted molar refractivity (Wildman–Crippen MR) is 164 cm³/mol. The Balaban J connectivity index is 0.000000230. The second-order valence-corrected chi connectivity index (χ2v) is 10.7. The number of carbonyl (C=O) groups is 4. The Morgan fingerprint density at radius 3 is 1.21 bits per heavy atom. The van der Waals surface area contributed by atoms with E-state index in [1.54, 1.807) is 38.1 Å². The highest BCUT2D eigenvalue weighted by atomic mass is 79.9. The Morgan fingerprint density at radius 2 is 0.952 bits per heavy atom. The summed E-state index contributed by atoms with van der Waals surface area (Å²) in [6.07, 6.45) is 0. The van der Waals surface area contributed by atoms with Gasteiger partial charge in [0, 0.05) is 52.4 Å². The zero-order chi connectivity index (χ0) is 31.1. The number of azide groups is 2. The van der Waals surface area contributed by atoms with Crippen LogP contribution in [0.1, 0.15) is 66.9 Å². The minimum absolute atomic E-state index is 0.123. The number of aryl methyl sites for hydroxylation is 2. The van der Waals surface area contributed by atoms with E-state index >= 15 is 0 Å². The topological polar surface area (TPSA) is 197 Å². The molecule has 2 N–H and O–H groups in total. The molecule has 4 rings (SSSR count). The van der Waals surface area contributed by atoms with Crippen molar-refractivity contribution >= 4 is 55.2 Å². The summed E-state index contributed by atoms with van der Waals surface area (Å²) in [6, 6.07) is 14.4. The maximum absolute atomic E-state index is 11.9. The average Bonchev–Trinajstić information content (AvgIpc) is 3.47. The van der Waals surface area contributed by atoms with E-state index in [0.29, 0.717) is 44.8 Å². The Labute approximate surface area is 256 Å². The van der Waals surface area contributed by atoms with Crippen molar-refractivity contribution in [1.29, 1.82) is 0 Å². The number of hydrogen-bond acceptors (Lipinski definition) is 4. The van der Waals surface area contributed by atoms with Gasteiger partial charge in [0.25, 0.3) is 11.8 Å². The number of ketones is 2. The molecule has 42 heavy (non-hydrogen) atoms. The molecule has 0 atom stereocenters.